The van der Waals surface area contributed by atoms with E-state index >= 15 is 0 Å². The van der Waals surface area contributed by atoms with Crippen molar-refractivity contribution < 1.29 is 9.59 Å². The van der Waals surface area contributed by atoms with E-state index in [4.69, 9.17) is 11.6 Å². The number of likely N-dealkylation sites (N-methyl/N-ethyl adjacent to an activating group) is 1. The molecular formula is C17H24ClN3O2. The molecule has 1 aromatic carbocycles. The van der Waals surface area contributed by atoms with Crippen molar-refractivity contribution in [1.29, 1.82) is 0 Å². The lowest BCUT2D eigenvalue weighted by Crippen LogP contribution is -2.61. The van der Waals surface area contributed by atoms with Gasteiger partial charge >= 0.3 is 6.03 Å². The lowest BCUT2D eigenvalue weighted by Gasteiger charge is -2.36. The van der Waals surface area contributed by atoms with Gasteiger partial charge in [-0.15, -0.1) is 0 Å². The van der Waals surface area contributed by atoms with E-state index < -0.39 is 5.54 Å². The van der Waals surface area contributed by atoms with Crippen LogP contribution in [0.15, 0.2) is 24.3 Å². The lowest BCUT2D eigenvalue weighted by molar-refractivity contribution is -0.128. The van der Waals surface area contributed by atoms with Gasteiger partial charge in [0, 0.05) is 12.1 Å². The topological polar surface area (TPSA) is 70.2 Å². The molecule has 1 fully saturated rings. The molecule has 126 valence electrons. The lowest BCUT2D eigenvalue weighted by atomic mass is 9.81. The van der Waals surface area contributed by atoms with Crippen molar-refractivity contribution >= 4 is 23.5 Å². The number of nitrogens with one attached hydrogen (secondary N) is 3. The third kappa shape index (κ3) is 4.38. The second-order valence-electron chi connectivity index (χ2n) is 6.09. The van der Waals surface area contributed by atoms with Crippen LogP contribution in [0.1, 0.15) is 50.6 Å². The van der Waals surface area contributed by atoms with Crippen LogP contribution in [-0.2, 0) is 4.79 Å². The predicted molar refractivity (Wildman–Crippen MR) is 91.4 cm³/mol. The third-order valence-electron chi connectivity index (χ3n) is 4.44. The molecule has 5 nitrogen and oxygen atoms in total. The van der Waals surface area contributed by atoms with Crippen molar-refractivity contribution in [3.63, 3.8) is 0 Å². The monoisotopic (exact) mass is 337 g/mol. The van der Waals surface area contributed by atoms with Crippen molar-refractivity contribution in [2.75, 3.05) is 7.05 Å². The molecule has 23 heavy (non-hydrogen) atoms. The molecule has 1 aliphatic carbocycles. The van der Waals surface area contributed by atoms with E-state index in [1.54, 1.807) is 19.2 Å². The summed E-state index contributed by atoms with van der Waals surface area (Å²) >= 11 is 5.88. The fourth-order valence-corrected chi connectivity index (χ4v) is 3.21. The fraction of sp³-hybridized carbons (Fsp3) is 0.529. The highest BCUT2D eigenvalue weighted by atomic mass is 35.5. The van der Waals surface area contributed by atoms with Gasteiger partial charge in [0.1, 0.15) is 5.54 Å². The van der Waals surface area contributed by atoms with E-state index in [-0.39, 0.29) is 18.0 Å². The van der Waals surface area contributed by atoms with Gasteiger partial charge in [0.05, 0.1) is 6.04 Å². The number of amides is 3. The summed E-state index contributed by atoms with van der Waals surface area (Å²) in [5.74, 6) is -0.119. The number of rotatable bonds is 4. The highest BCUT2D eigenvalue weighted by Gasteiger charge is 2.40. The van der Waals surface area contributed by atoms with Crippen molar-refractivity contribution in [3.8, 4) is 0 Å². The molecule has 0 aromatic heterocycles. The van der Waals surface area contributed by atoms with Crippen LogP contribution in [0.5, 0.6) is 0 Å². The van der Waals surface area contributed by atoms with Gasteiger partial charge in [-0.1, -0.05) is 43.0 Å². The zero-order chi connectivity index (χ0) is 16.9. The van der Waals surface area contributed by atoms with Gasteiger partial charge in [-0.25, -0.2) is 4.79 Å². The highest BCUT2D eigenvalue weighted by molar-refractivity contribution is 6.30. The SMILES string of the molecule is CNC(=O)C1(NC(=O)N[C@H](C)c2ccc(Cl)cc2)CCCCC1. The summed E-state index contributed by atoms with van der Waals surface area (Å²) < 4.78 is 0. The molecular weight excluding hydrogens is 314 g/mol. The Bertz CT molecular complexity index is 553. The Balaban J connectivity index is 2.01. The standard InChI is InChI=1S/C17H24ClN3O2/c1-12(13-6-8-14(18)9-7-13)20-16(23)21-17(15(22)19-2)10-4-3-5-11-17/h6-9,12H,3-5,10-11H2,1-2H3,(H,19,22)(H2,20,21,23)/t12-/m1/s1. The van der Waals surface area contributed by atoms with Crippen LogP contribution in [0.2, 0.25) is 5.02 Å². The fourth-order valence-electron chi connectivity index (χ4n) is 3.09. The van der Waals surface area contributed by atoms with Crippen LogP contribution in [0, 0.1) is 0 Å². The molecule has 0 unspecified atom stereocenters. The molecule has 0 aliphatic heterocycles. The van der Waals surface area contributed by atoms with E-state index in [1.165, 1.54) is 0 Å². The van der Waals surface area contributed by atoms with E-state index in [2.05, 4.69) is 16.0 Å². The van der Waals surface area contributed by atoms with Crippen LogP contribution in [0.4, 0.5) is 4.79 Å². The number of carbonyl (C=O) groups is 2. The number of halogens is 1. The normalized spacial score (nSPS) is 17.9. The van der Waals surface area contributed by atoms with Gasteiger partial charge in [-0.3, -0.25) is 4.79 Å². The predicted octanol–water partition coefficient (Wildman–Crippen LogP) is 3.15. The van der Waals surface area contributed by atoms with Crippen LogP contribution < -0.4 is 16.0 Å². The van der Waals surface area contributed by atoms with Gasteiger partial charge in [0.2, 0.25) is 5.91 Å². The Morgan fingerprint density at radius 3 is 2.30 bits per heavy atom. The maximum Gasteiger partial charge on any atom is 0.316 e. The average molecular weight is 338 g/mol. The van der Waals surface area contributed by atoms with Crippen molar-refractivity contribution in [1.82, 2.24) is 16.0 Å². The second-order valence-corrected chi connectivity index (χ2v) is 6.53. The first-order valence-electron chi connectivity index (χ1n) is 8.03. The Kier molecular flexibility index (Phi) is 5.88. The molecule has 6 heteroatoms. The summed E-state index contributed by atoms with van der Waals surface area (Å²) in [5, 5.41) is 9.14. The van der Waals surface area contributed by atoms with Gasteiger partial charge in [-0.05, 0) is 37.5 Å². The first kappa shape index (κ1) is 17.6. The summed E-state index contributed by atoms with van der Waals surface area (Å²) in [6, 6.07) is 6.85. The number of carbonyl (C=O) groups excluding carboxylic acids is 2. The van der Waals surface area contributed by atoms with Gasteiger partial charge < -0.3 is 16.0 Å². The van der Waals surface area contributed by atoms with E-state index in [0.29, 0.717) is 17.9 Å². The van der Waals surface area contributed by atoms with Crippen LogP contribution in [-0.4, -0.2) is 24.5 Å². The zero-order valence-electron chi connectivity index (χ0n) is 13.6. The first-order valence-corrected chi connectivity index (χ1v) is 8.41. The van der Waals surface area contributed by atoms with Crippen LogP contribution in [0.3, 0.4) is 0 Å². The number of urea groups is 1. The number of hydrogen-bond donors (Lipinski definition) is 3. The van der Waals surface area contributed by atoms with Crippen molar-refractivity contribution in [2.45, 2.75) is 50.6 Å². The van der Waals surface area contributed by atoms with Gasteiger partial charge in [0.15, 0.2) is 0 Å². The molecule has 1 saturated carbocycles. The Morgan fingerprint density at radius 2 is 1.74 bits per heavy atom. The Hall–Kier alpha value is -1.75. The minimum Gasteiger partial charge on any atom is -0.357 e. The molecule has 0 saturated heterocycles. The zero-order valence-corrected chi connectivity index (χ0v) is 14.4. The smallest absolute Gasteiger partial charge is 0.316 e. The summed E-state index contributed by atoms with van der Waals surface area (Å²) in [5.41, 5.74) is 0.166. The molecule has 0 bridgehead atoms. The largest absolute Gasteiger partial charge is 0.357 e. The third-order valence-corrected chi connectivity index (χ3v) is 4.69. The van der Waals surface area contributed by atoms with Crippen molar-refractivity contribution in [3.05, 3.63) is 34.9 Å². The first-order chi connectivity index (χ1) is 11.0. The summed E-state index contributed by atoms with van der Waals surface area (Å²) in [4.78, 5) is 24.6. The second kappa shape index (κ2) is 7.68. The Morgan fingerprint density at radius 1 is 1.13 bits per heavy atom. The number of hydrogen-bond acceptors (Lipinski definition) is 2. The highest BCUT2D eigenvalue weighted by Crippen LogP contribution is 2.28. The molecule has 1 aliphatic rings. The summed E-state index contributed by atoms with van der Waals surface area (Å²) in [6.45, 7) is 1.90. The molecule has 3 N–H and O–H groups in total. The minimum absolute atomic E-state index is 0.119. The average Bonchev–Trinajstić information content (AvgIpc) is 2.55. The molecule has 0 heterocycles. The van der Waals surface area contributed by atoms with E-state index in [9.17, 15) is 9.59 Å². The minimum atomic E-state index is -0.795. The van der Waals surface area contributed by atoms with Gasteiger partial charge in [0.25, 0.3) is 0 Å². The molecule has 2 rings (SSSR count). The maximum absolute atomic E-state index is 12.4. The van der Waals surface area contributed by atoms with Gasteiger partial charge in [-0.2, -0.15) is 0 Å². The Labute approximate surface area is 142 Å². The molecule has 0 radical (unpaired) electrons. The van der Waals surface area contributed by atoms with E-state index in [0.717, 1.165) is 24.8 Å². The van der Waals surface area contributed by atoms with Crippen LogP contribution in [0.25, 0.3) is 0 Å². The quantitative estimate of drug-likeness (QED) is 0.789. The number of benzene rings is 1. The van der Waals surface area contributed by atoms with Crippen LogP contribution >= 0.6 is 11.6 Å². The molecule has 1 atom stereocenters. The molecule has 1 aromatic rings. The maximum atomic E-state index is 12.4. The van der Waals surface area contributed by atoms with Crippen molar-refractivity contribution in [2.24, 2.45) is 0 Å². The summed E-state index contributed by atoms with van der Waals surface area (Å²) in [6.07, 6.45) is 4.34. The summed E-state index contributed by atoms with van der Waals surface area (Å²) in [7, 11) is 1.61. The molecule has 3 amide bonds. The molecule has 0 spiro atoms. The van der Waals surface area contributed by atoms with E-state index in [1.807, 2.05) is 19.1 Å².